The molecule has 0 amide bonds. The number of hydrogen-bond acceptors (Lipinski definition) is 2. The zero-order chi connectivity index (χ0) is 11.7. The molecule has 0 atom stereocenters. The number of benzene rings is 1. The van der Waals surface area contributed by atoms with E-state index in [0.717, 1.165) is 0 Å². The maximum Gasteiger partial charge on any atom is 0.161 e. The molecule has 0 saturated heterocycles. The van der Waals surface area contributed by atoms with E-state index in [1.807, 2.05) is 0 Å². The molecule has 16 heavy (non-hydrogen) atoms. The van der Waals surface area contributed by atoms with Crippen LogP contribution in [0.15, 0.2) is 24.4 Å². The molecule has 1 aromatic heterocycles. The zero-order valence-corrected chi connectivity index (χ0v) is 9.16. The van der Waals surface area contributed by atoms with E-state index in [-0.39, 0.29) is 18.3 Å². The quantitative estimate of drug-likeness (QED) is 0.746. The molecule has 0 aliphatic carbocycles. The SMILES string of the molecule is COCn1cc(C(C)=O)c2cccc(F)c21. The Morgan fingerprint density at radius 2 is 2.25 bits per heavy atom. The van der Waals surface area contributed by atoms with Gasteiger partial charge in [-0.2, -0.15) is 0 Å². The van der Waals surface area contributed by atoms with Crippen LogP contribution < -0.4 is 0 Å². The molecular formula is C12H12FNO2. The van der Waals surface area contributed by atoms with Crippen LogP contribution in [0.3, 0.4) is 0 Å². The van der Waals surface area contributed by atoms with Gasteiger partial charge in [0.05, 0.1) is 5.52 Å². The fourth-order valence-electron chi connectivity index (χ4n) is 1.84. The molecule has 1 heterocycles. The van der Waals surface area contributed by atoms with E-state index >= 15 is 0 Å². The molecule has 0 spiro atoms. The van der Waals surface area contributed by atoms with Crippen molar-refractivity contribution in [2.75, 3.05) is 7.11 Å². The number of nitrogens with zero attached hydrogens (tertiary/aromatic N) is 1. The van der Waals surface area contributed by atoms with Crippen LogP contribution in [-0.2, 0) is 11.5 Å². The molecule has 0 aliphatic heterocycles. The first kappa shape index (κ1) is 10.8. The minimum atomic E-state index is -0.345. The summed E-state index contributed by atoms with van der Waals surface area (Å²) in [5, 5.41) is 0.629. The van der Waals surface area contributed by atoms with Gasteiger partial charge in [-0.15, -0.1) is 0 Å². The molecule has 4 heteroatoms. The number of halogens is 1. The fourth-order valence-corrected chi connectivity index (χ4v) is 1.84. The number of ether oxygens (including phenoxy) is 1. The van der Waals surface area contributed by atoms with Gasteiger partial charge >= 0.3 is 0 Å². The molecule has 0 saturated carbocycles. The molecule has 1 aromatic carbocycles. The fraction of sp³-hybridized carbons (Fsp3) is 0.250. The lowest BCUT2D eigenvalue weighted by molar-refractivity contribution is 0.101. The summed E-state index contributed by atoms with van der Waals surface area (Å²) in [7, 11) is 1.53. The highest BCUT2D eigenvalue weighted by Crippen LogP contribution is 2.24. The predicted octanol–water partition coefficient (Wildman–Crippen LogP) is 2.59. The molecule has 84 valence electrons. The van der Waals surface area contributed by atoms with Crippen molar-refractivity contribution in [2.24, 2.45) is 0 Å². The van der Waals surface area contributed by atoms with Gasteiger partial charge in [0.15, 0.2) is 5.78 Å². The summed E-state index contributed by atoms with van der Waals surface area (Å²) >= 11 is 0. The summed E-state index contributed by atoms with van der Waals surface area (Å²) in [6, 6.07) is 4.71. The Labute approximate surface area is 92.4 Å². The third kappa shape index (κ3) is 1.61. The lowest BCUT2D eigenvalue weighted by atomic mass is 10.1. The third-order valence-electron chi connectivity index (χ3n) is 2.50. The van der Waals surface area contributed by atoms with Crippen molar-refractivity contribution in [3.8, 4) is 0 Å². The second-order valence-electron chi connectivity index (χ2n) is 3.62. The molecule has 0 radical (unpaired) electrons. The number of Topliss-reactive ketones (excluding diaryl/α,β-unsaturated/α-hetero) is 1. The van der Waals surface area contributed by atoms with Crippen molar-refractivity contribution in [1.29, 1.82) is 0 Å². The van der Waals surface area contributed by atoms with E-state index in [1.165, 1.54) is 20.1 Å². The molecule has 2 rings (SSSR count). The Bertz CT molecular complexity index is 545. The van der Waals surface area contributed by atoms with Crippen LogP contribution in [0.4, 0.5) is 4.39 Å². The van der Waals surface area contributed by atoms with Crippen molar-refractivity contribution in [1.82, 2.24) is 4.57 Å². The van der Waals surface area contributed by atoms with Crippen LogP contribution in [0.2, 0.25) is 0 Å². The smallest absolute Gasteiger partial charge is 0.161 e. The number of carbonyl (C=O) groups is 1. The lowest BCUT2D eigenvalue weighted by Crippen LogP contribution is -1.99. The highest BCUT2D eigenvalue weighted by Gasteiger charge is 2.14. The number of methoxy groups -OCH3 is 1. The topological polar surface area (TPSA) is 31.2 Å². The first-order valence-corrected chi connectivity index (χ1v) is 4.92. The molecule has 0 fully saturated rings. The number of ketones is 1. The second kappa shape index (κ2) is 4.06. The highest BCUT2D eigenvalue weighted by molar-refractivity contribution is 6.07. The minimum Gasteiger partial charge on any atom is -0.364 e. The molecular weight excluding hydrogens is 209 g/mol. The average Bonchev–Trinajstić information content (AvgIpc) is 2.59. The van der Waals surface area contributed by atoms with E-state index < -0.39 is 0 Å². The zero-order valence-electron chi connectivity index (χ0n) is 9.16. The highest BCUT2D eigenvalue weighted by atomic mass is 19.1. The Balaban J connectivity index is 2.76. The van der Waals surface area contributed by atoms with Gasteiger partial charge in [0.1, 0.15) is 12.5 Å². The third-order valence-corrected chi connectivity index (χ3v) is 2.50. The van der Waals surface area contributed by atoms with Gasteiger partial charge in [0.25, 0.3) is 0 Å². The Morgan fingerprint density at radius 1 is 1.50 bits per heavy atom. The van der Waals surface area contributed by atoms with E-state index in [0.29, 0.717) is 16.5 Å². The van der Waals surface area contributed by atoms with Crippen LogP contribution in [0, 0.1) is 5.82 Å². The van der Waals surface area contributed by atoms with Crippen LogP contribution in [0.5, 0.6) is 0 Å². The number of aromatic nitrogens is 1. The van der Waals surface area contributed by atoms with Gasteiger partial charge in [0.2, 0.25) is 0 Å². The largest absolute Gasteiger partial charge is 0.364 e. The summed E-state index contributed by atoms with van der Waals surface area (Å²) in [4.78, 5) is 11.4. The summed E-state index contributed by atoms with van der Waals surface area (Å²) < 4.78 is 20.2. The Kier molecular flexibility index (Phi) is 2.75. The number of para-hydroxylation sites is 1. The van der Waals surface area contributed by atoms with Gasteiger partial charge in [-0.05, 0) is 13.0 Å². The summed E-state index contributed by atoms with van der Waals surface area (Å²) in [6.45, 7) is 1.70. The molecule has 3 nitrogen and oxygen atoms in total. The number of fused-ring (bicyclic) bond motifs is 1. The van der Waals surface area contributed by atoms with E-state index in [4.69, 9.17) is 4.74 Å². The van der Waals surface area contributed by atoms with Gasteiger partial charge in [-0.25, -0.2) is 4.39 Å². The number of carbonyl (C=O) groups excluding carboxylic acids is 1. The first-order chi connectivity index (χ1) is 7.65. The van der Waals surface area contributed by atoms with Crippen molar-refractivity contribution in [3.05, 3.63) is 35.8 Å². The van der Waals surface area contributed by atoms with Crippen molar-refractivity contribution in [2.45, 2.75) is 13.7 Å². The van der Waals surface area contributed by atoms with Gasteiger partial charge < -0.3 is 9.30 Å². The van der Waals surface area contributed by atoms with Crippen LogP contribution >= 0.6 is 0 Å². The first-order valence-electron chi connectivity index (χ1n) is 4.92. The van der Waals surface area contributed by atoms with Crippen LogP contribution in [0.25, 0.3) is 10.9 Å². The summed E-state index contributed by atoms with van der Waals surface area (Å²) in [6.07, 6.45) is 1.62. The minimum absolute atomic E-state index is 0.0783. The number of rotatable bonds is 3. The maximum atomic E-state index is 13.7. The van der Waals surface area contributed by atoms with Gasteiger partial charge in [0, 0.05) is 24.3 Å². The predicted molar refractivity (Wildman–Crippen MR) is 58.9 cm³/mol. The van der Waals surface area contributed by atoms with E-state index in [2.05, 4.69) is 0 Å². The molecule has 0 unspecified atom stereocenters. The van der Waals surface area contributed by atoms with Crippen LogP contribution in [-0.4, -0.2) is 17.5 Å². The Hall–Kier alpha value is -1.68. The molecule has 2 aromatic rings. The van der Waals surface area contributed by atoms with E-state index in [1.54, 1.807) is 22.9 Å². The summed E-state index contributed by atoms with van der Waals surface area (Å²) in [5.74, 6) is -0.424. The lowest BCUT2D eigenvalue weighted by Gasteiger charge is -2.03. The maximum absolute atomic E-state index is 13.7. The number of hydrogen-bond donors (Lipinski definition) is 0. The van der Waals surface area contributed by atoms with Crippen LogP contribution in [0.1, 0.15) is 17.3 Å². The molecule has 0 bridgehead atoms. The second-order valence-corrected chi connectivity index (χ2v) is 3.62. The standard InChI is InChI=1S/C12H12FNO2/c1-8(15)10-6-14(7-16-2)12-9(10)4-3-5-11(12)13/h3-6H,7H2,1-2H3. The van der Waals surface area contributed by atoms with E-state index in [9.17, 15) is 9.18 Å². The molecule has 0 aliphatic rings. The van der Waals surface area contributed by atoms with Crippen molar-refractivity contribution < 1.29 is 13.9 Å². The van der Waals surface area contributed by atoms with Gasteiger partial charge in [-0.3, -0.25) is 4.79 Å². The molecule has 0 N–H and O–H groups in total. The monoisotopic (exact) mass is 221 g/mol. The normalized spacial score (nSPS) is 10.9. The summed E-state index contributed by atoms with van der Waals surface area (Å²) in [5.41, 5.74) is 0.932. The van der Waals surface area contributed by atoms with Gasteiger partial charge in [-0.1, -0.05) is 12.1 Å². The Morgan fingerprint density at radius 3 is 2.88 bits per heavy atom. The van der Waals surface area contributed by atoms with Crippen molar-refractivity contribution in [3.63, 3.8) is 0 Å². The average molecular weight is 221 g/mol. The van der Waals surface area contributed by atoms with Crippen molar-refractivity contribution >= 4 is 16.7 Å².